The zero-order valence-electron chi connectivity index (χ0n) is 16.4. The van der Waals surface area contributed by atoms with Gasteiger partial charge in [0, 0.05) is 19.9 Å². The van der Waals surface area contributed by atoms with Gasteiger partial charge in [-0.15, -0.1) is 0 Å². The van der Waals surface area contributed by atoms with Crippen LogP contribution in [0.1, 0.15) is 12.2 Å². The van der Waals surface area contributed by atoms with Crippen molar-refractivity contribution in [3.05, 3.63) is 80.2 Å². The number of carbonyl (C=O) groups excluding carboxylic acids is 1. The summed E-state index contributed by atoms with van der Waals surface area (Å²) in [5.74, 6) is 1.09. The number of carbonyl (C=O) groups is 1. The number of imidazole rings is 1. The van der Waals surface area contributed by atoms with Gasteiger partial charge in [0.05, 0.1) is 10.7 Å². The molecule has 0 aliphatic carbocycles. The average Bonchev–Trinajstić information content (AvgIpc) is 3.19. The summed E-state index contributed by atoms with van der Waals surface area (Å²) in [7, 11) is 1.51. The summed E-state index contributed by atoms with van der Waals surface area (Å²) in [6.45, 7) is 0. The Hall–Kier alpha value is -3.85. The Balaban J connectivity index is 1.47. The van der Waals surface area contributed by atoms with Crippen LogP contribution in [0.4, 0.5) is 5.69 Å². The summed E-state index contributed by atoms with van der Waals surface area (Å²) in [4.78, 5) is 45.4. The van der Waals surface area contributed by atoms with E-state index in [1.165, 1.54) is 11.6 Å². The van der Waals surface area contributed by atoms with Crippen LogP contribution in [-0.4, -0.2) is 25.4 Å². The van der Waals surface area contributed by atoms with Crippen LogP contribution in [0.2, 0.25) is 5.02 Å². The number of aryl methyl sites for hydroxylation is 2. The first-order valence-corrected chi connectivity index (χ1v) is 9.79. The fourth-order valence-electron chi connectivity index (χ4n) is 3.02. The standard InChI is InChI=1S/C21H18ClN5O4/c1-27-19-18(20(29)26-21(27)30)24-16(25-19)10-11-17(28)23-13-7-3-5-9-15(13)31-14-8-4-2-6-12(14)22/h2-9H,10-11H2,1H3,(H,23,28)(H,24,25)(H,26,29,30). The van der Waals surface area contributed by atoms with Crippen LogP contribution >= 0.6 is 11.6 Å². The summed E-state index contributed by atoms with van der Waals surface area (Å²) < 4.78 is 7.08. The molecular weight excluding hydrogens is 422 g/mol. The van der Waals surface area contributed by atoms with E-state index < -0.39 is 11.2 Å². The highest BCUT2D eigenvalue weighted by Gasteiger charge is 2.13. The minimum Gasteiger partial charge on any atom is -0.454 e. The topological polar surface area (TPSA) is 122 Å². The van der Waals surface area contributed by atoms with Crippen LogP contribution in [0.25, 0.3) is 11.2 Å². The number of ether oxygens (including phenoxy) is 1. The van der Waals surface area contributed by atoms with E-state index in [4.69, 9.17) is 16.3 Å². The molecule has 4 aromatic rings. The molecule has 0 unspecified atom stereocenters. The normalized spacial score (nSPS) is 10.9. The molecule has 10 heteroatoms. The fourth-order valence-corrected chi connectivity index (χ4v) is 3.19. The molecule has 0 aliphatic heterocycles. The molecule has 2 aromatic heterocycles. The molecule has 0 fully saturated rings. The third-order valence-corrected chi connectivity index (χ3v) is 4.92. The molecular formula is C21H18ClN5O4. The lowest BCUT2D eigenvalue weighted by Crippen LogP contribution is -2.28. The first-order valence-electron chi connectivity index (χ1n) is 9.41. The molecule has 0 spiro atoms. The molecule has 2 aromatic carbocycles. The van der Waals surface area contributed by atoms with Gasteiger partial charge in [-0.25, -0.2) is 9.78 Å². The number of rotatable bonds is 6. The number of fused-ring (bicyclic) bond motifs is 1. The van der Waals surface area contributed by atoms with Crippen molar-refractivity contribution in [2.45, 2.75) is 12.8 Å². The molecule has 2 heterocycles. The average molecular weight is 440 g/mol. The predicted octanol–water partition coefficient (Wildman–Crippen LogP) is 2.97. The molecule has 3 N–H and O–H groups in total. The molecule has 0 saturated heterocycles. The second-order valence-electron chi connectivity index (χ2n) is 6.78. The third kappa shape index (κ3) is 4.36. The molecule has 9 nitrogen and oxygen atoms in total. The molecule has 158 valence electrons. The molecule has 0 atom stereocenters. The van der Waals surface area contributed by atoms with Crippen molar-refractivity contribution in [3.8, 4) is 11.5 Å². The number of amides is 1. The second kappa shape index (κ2) is 8.49. The van der Waals surface area contributed by atoms with Gasteiger partial charge in [-0.1, -0.05) is 35.9 Å². The Kier molecular flexibility index (Phi) is 5.59. The zero-order valence-corrected chi connectivity index (χ0v) is 17.2. The monoisotopic (exact) mass is 439 g/mol. The molecule has 4 rings (SSSR count). The number of hydrogen-bond acceptors (Lipinski definition) is 5. The Morgan fingerprint density at radius 3 is 2.58 bits per heavy atom. The number of halogens is 1. The number of benzene rings is 2. The summed E-state index contributed by atoms with van der Waals surface area (Å²) >= 11 is 6.15. The van der Waals surface area contributed by atoms with Crippen molar-refractivity contribution < 1.29 is 9.53 Å². The van der Waals surface area contributed by atoms with E-state index in [1.54, 1.807) is 48.5 Å². The van der Waals surface area contributed by atoms with Crippen LogP contribution in [-0.2, 0) is 18.3 Å². The number of hydrogen-bond donors (Lipinski definition) is 3. The van der Waals surface area contributed by atoms with Gasteiger partial charge >= 0.3 is 5.69 Å². The van der Waals surface area contributed by atoms with Crippen LogP contribution < -0.4 is 21.3 Å². The highest BCUT2D eigenvalue weighted by molar-refractivity contribution is 6.32. The Morgan fingerprint density at radius 2 is 1.81 bits per heavy atom. The molecule has 1 amide bonds. The fraction of sp³-hybridized carbons (Fsp3) is 0.143. The summed E-state index contributed by atoms with van der Waals surface area (Å²) in [6.07, 6.45) is 0.355. The highest BCUT2D eigenvalue weighted by atomic mass is 35.5. The zero-order chi connectivity index (χ0) is 22.0. The van der Waals surface area contributed by atoms with Crippen LogP contribution in [0, 0.1) is 0 Å². The van der Waals surface area contributed by atoms with Crippen molar-refractivity contribution in [2.75, 3.05) is 5.32 Å². The van der Waals surface area contributed by atoms with Gasteiger partial charge in [-0.05, 0) is 24.3 Å². The van der Waals surface area contributed by atoms with Gasteiger partial charge < -0.3 is 15.0 Å². The number of aromatic amines is 2. The van der Waals surface area contributed by atoms with Crippen molar-refractivity contribution >= 4 is 34.4 Å². The van der Waals surface area contributed by atoms with Gasteiger partial charge in [0.25, 0.3) is 5.56 Å². The SMILES string of the molecule is Cn1c(=O)[nH]c(=O)c2[nH]c(CCC(=O)Nc3ccccc3Oc3ccccc3Cl)nc21. The van der Waals surface area contributed by atoms with E-state index in [9.17, 15) is 14.4 Å². The van der Waals surface area contributed by atoms with Gasteiger partial charge in [0.1, 0.15) is 17.1 Å². The van der Waals surface area contributed by atoms with E-state index in [0.29, 0.717) is 28.0 Å². The summed E-state index contributed by atoms with van der Waals surface area (Å²) in [5.41, 5.74) is -0.176. The van der Waals surface area contributed by atoms with Crippen molar-refractivity contribution in [3.63, 3.8) is 0 Å². The van der Waals surface area contributed by atoms with E-state index in [1.807, 2.05) is 0 Å². The molecule has 0 aliphatic rings. The van der Waals surface area contributed by atoms with Crippen LogP contribution in [0.3, 0.4) is 0 Å². The van der Waals surface area contributed by atoms with Gasteiger partial charge in [-0.3, -0.25) is 19.1 Å². The summed E-state index contributed by atoms with van der Waals surface area (Å²) in [5, 5.41) is 3.27. The lowest BCUT2D eigenvalue weighted by Gasteiger charge is -2.13. The first kappa shape index (κ1) is 20.4. The van der Waals surface area contributed by atoms with Crippen molar-refractivity contribution in [2.24, 2.45) is 7.05 Å². The number of aromatic nitrogens is 4. The highest BCUT2D eigenvalue weighted by Crippen LogP contribution is 2.33. The number of H-pyrrole nitrogens is 2. The molecule has 0 saturated carbocycles. The van der Waals surface area contributed by atoms with Crippen molar-refractivity contribution in [1.29, 1.82) is 0 Å². The number of anilines is 1. The quantitative estimate of drug-likeness (QED) is 0.426. The maximum Gasteiger partial charge on any atom is 0.329 e. The maximum atomic E-state index is 12.5. The number of para-hydroxylation sites is 3. The number of nitrogens with one attached hydrogen (secondary N) is 3. The van der Waals surface area contributed by atoms with E-state index in [2.05, 4.69) is 20.3 Å². The predicted molar refractivity (Wildman–Crippen MR) is 117 cm³/mol. The second-order valence-corrected chi connectivity index (χ2v) is 7.18. The number of nitrogens with zero attached hydrogens (tertiary/aromatic N) is 2. The van der Waals surface area contributed by atoms with Gasteiger partial charge in [0.2, 0.25) is 5.91 Å². The minimum absolute atomic E-state index is 0.103. The van der Waals surface area contributed by atoms with E-state index in [0.717, 1.165) is 0 Å². The Bertz CT molecular complexity index is 1390. The molecule has 0 bridgehead atoms. The van der Waals surface area contributed by atoms with E-state index >= 15 is 0 Å². The lowest BCUT2D eigenvalue weighted by atomic mass is 10.2. The lowest BCUT2D eigenvalue weighted by molar-refractivity contribution is -0.116. The van der Waals surface area contributed by atoms with Gasteiger partial charge in [0.15, 0.2) is 11.4 Å². The molecule has 0 radical (unpaired) electrons. The third-order valence-electron chi connectivity index (χ3n) is 4.61. The summed E-state index contributed by atoms with van der Waals surface area (Å²) in [6, 6.07) is 14.1. The van der Waals surface area contributed by atoms with Crippen LogP contribution in [0.5, 0.6) is 11.5 Å². The largest absolute Gasteiger partial charge is 0.454 e. The maximum absolute atomic E-state index is 12.5. The van der Waals surface area contributed by atoms with Gasteiger partial charge in [-0.2, -0.15) is 0 Å². The molecule has 31 heavy (non-hydrogen) atoms. The smallest absolute Gasteiger partial charge is 0.329 e. The Morgan fingerprint density at radius 1 is 1.10 bits per heavy atom. The minimum atomic E-state index is -0.552. The van der Waals surface area contributed by atoms with Crippen molar-refractivity contribution in [1.82, 2.24) is 19.5 Å². The van der Waals surface area contributed by atoms with E-state index in [-0.39, 0.29) is 29.9 Å². The first-order chi connectivity index (χ1) is 14.9. The van der Waals surface area contributed by atoms with Crippen LogP contribution in [0.15, 0.2) is 58.1 Å². The Labute approximate surface area is 180 Å².